The summed E-state index contributed by atoms with van der Waals surface area (Å²) in [5.74, 6) is -0.140. The van der Waals surface area contributed by atoms with Crippen molar-refractivity contribution in [2.45, 2.75) is 12.8 Å². The van der Waals surface area contributed by atoms with Gasteiger partial charge >= 0.3 is 0 Å². The Kier molecular flexibility index (Phi) is 4.52. The molecule has 0 fully saturated rings. The second-order valence-corrected chi connectivity index (χ2v) is 5.52. The van der Waals surface area contributed by atoms with Gasteiger partial charge in [-0.15, -0.1) is 0 Å². The average molecular weight is 319 g/mol. The fourth-order valence-electron chi connectivity index (χ4n) is 2.64. The molecule has 5 heteroatoms. The van der Waals surface area contributed by atoms with Crippen LogP contribution in [0.5, 0.6) is 5.75 Å². The van der Waals surface area contributed by atoms with Crippen LogP contribution in [0.3, 0.4) is 0 Å². The minimum atomic E-state index is -0.342. The number of hydrogen-bond donors (Lipinski definition) is 2. The smallest absolute Gasteiger partial charge is 0.217 e. The molecule has 0 spiro atoms. The van der Waals surface area contributed by atoms with E-state index in [9.17, 15) is 9.90 Å². The molecule has 0 saturated carbocycles. The molecule has 2 aromatic carbocycles. The molecule has 1 amide bonds. The maximum absolute atomic E-state index is 11.2. The Bertz CT molecular complexity index is 863. The van der Waals surface area contributed by atoms with Crippen LogP contribution in [0.4, 0.5) is 0 Å². The lowest BCUT2D eigenvalue weighted by molar-refractivity contribution is -0.117. The van der Waals surface area contributed by atoms with Gasteiger partial charge in [0.05, 0.1) is 0 Å². The van der Waals surface area contributed by atoms with Crippen molar-refractivity contribution in [3.05, 3.63) is 66.7 Å². The highest BCUT2D eigenvalue weighted by Crippen LogP contribution is 2.31. The van der Waals surface area contributed by atoms with E-state index < -0.39 is 0 Å². The lowest BCUT2D eigenvalue weighted by Gasteiger charge is -2.12. The van der Waals surface area contributed by atoms with Crippen molar-refractivity contribution in [3.63, 3.8) is 0 Å². The van der Waals surface area contributed by atoms with E-state index in [1.807, 2.05) is 24.3 Å². The molecular weight excluding hydrogens is 302 g/mol. The van der Waals surface area contributed by atoms with E-state index in [4.69, 9.17) is 5.73 Å². The van der Waals surface area contributed by atoms with Gasteiger partial charge in [0.25, 0.3) is 0 Å². The summed E-state index contributed by atoms with van der Waals surface area (Å²) in [4.78, 5) is 19.3. The van der Waals surface area contributed by atoms with Crippen LogP contribution < -0.4 is 5.73 Å². The number of nitrogens with two attached hydrogens (primary N) is 1. The first-order valence-corrected chi connectivity index (χ1v) is 7.59. The van der Waals surface area contributed by atoms with Crippen LogP contribution in [0.15, 0.2) is 61.2 Å². The Hall–Kier alpha value is -3.21. The van der Waals surface area contributed by atoms with Crippen molar-refractivity contribution in [2.75, 3.05) is 0 Å². The standard InChI is InChI=1S/C19H17N3O2/c20-19(24)7-5-15-8-13(16-10-21-12-22-11-16)4-6-18(15)14-2-1-3-17(23)9-14/h1-4,6,8-12,23H,5,7H2,(H2,20,24). The predicted molar refractivity (Wildman–Crippen MR) is 92.1 cm³/mol. The first-order valence-electron chi connectivity index (χ1n) is 7.59. The maximum atomic E-state index is 11.2. The number of aromatic nitrogens is 2. The van der Waals surface area contributed by atoms with Crippen molar-refractivity contribution < 1.29 is 9.90 Å². The van der Waals surface area contributed by atoms with Gasteiger partial charge in [-0.1, -0.05) is 30.3 Å². The lowest BCUT2D eigenvalue weighted by atomic mass is 9.93. The molecule has 0 aliphatic carbocycles. The molecular formula is C19H17N3O2. The van der Waals surface area contributed by atoms with Gasteiger partial charge in [0.15, 0.2) is 0 Å². The number of phenols is 1. The highest BCUT2D eigenvalue weighted by molar-refractivity contribution is 5.77. The number of carbonyl (C=O) groups excluding carboxylic acids is 1. The van der Waals surface area contributed by atoms with Gasteiger partial charge in [-0.05, 0) is 40.8 Å². The van der Waals surface area contributed by atoms with Crippen molar-refractivity contribution in [3.8, 4) is 28.0 Å². The zero-order valence-corrected chi connectivity index (χ0v) is 13.0. The third-order valence-corrected chi connectivity index (χ3v) is 3.80. The second kappa shape index (κ2) is 6.91. The number of aromatic hydroxyl groups is 1. The third kappa shape index (κ3) is 3.57. The fourth-order valence-corrected chi connectivity index (χ4v) is 2.64. The maximum Gasteiger partial charge on any atom is 0.217 e. The third-order valence-electron chi connectivity index (χ3n) is 3.80. The van der Waals surface area contributed by atoms with Crippen LogP contribution in [0.1, 0.15) is 12.0 Å². The molecule has 3 N–H and O–H groups in total. The molecule has 0 bridgehead atoms. The zero-order valence-electron chi connectivity index (χ0n) is 13.0. The Balaban J connectivity index is 2.06. The topological polar surface area (TPSA) is 89.1 Å². The lowest BCUT2D eigenvalue weighted by Crippen LogP contribution is -2.11. The molecule has 3 aromatic rings. The number of hydrogen-bond acceptors (Lipinski definition) is 4. The number of phenolic OH excluding ortho intramolecular Hbond substituents is 1. The number of amides is 1. The molecule has 1 aromatic heterocycles. The summed E-state index contributed by atoms with van der Waals surface area (Å²) in [5.41, 5.74) is 10.0. The summed E-state index contributed by atoms with van der Waals surface area (Å²) in [6, 6.07) is 13.0. The summed E-state index contributed by atoms with van der Waals surface area (Å²) < 4.78 is 0. The van der Waals surface area contributed by atoms with Crippen LogP contribution in [-0.4, -0.2) is 21.0 Å². The zero-order chi connectivity index (χ0) is 16.9. The highest BCUT2D eigenvalue weighted by Gasteiger charge is 2.10. The van der Waals surface area contributed by atoms with Crippen molar-refractivity contribution in [1.29, 1.82) is 0 Å². The second-order valence-electron chi connectivity index (χ2n) is 5.52. The normalized spacial score (nSPS) is 10.5. The molecule has 3 rings (SSSR count). The fraction of sp³-hybridized carbons (Fsp3) is 0.105. The quantitative estimate of drug-likeness (QED) is 0.756. The van der Waals surface area contributed by atoms with Crippen LogP contribution >= 0.6 is 0 Å². The molecule has 0 aliphatic rings. The van der Waals surface area contributed by atoms with Gasteiger partial charge in [-0.3, -0.25) is 4.79 Å². The molecule has 0 aliphatic heterocycles. The SMILES string of the molecule is NC(=O)CCc1cc(-c2cncnc2)ccc1-c1cccc(O)c1. The summed E-state index contributed by atoms with van der Waals surface area (Å²) in [6.45, 7) is 0. The van der Waals surface area contributed by atoms with E-state index in [1.165, 1.54) is 6.33 Å². The molecule has 0 atom stereocenters. The Morgan fingerprint density at radius 3 is 2.50 bits per heavy atom. The average Bonchev–Trinajstić information content (AvgIpc) is 2.60. The van der Waals surface area contributed by atoms with Gasteiger partial charge in [0.2, 0.25) is 5.91 Å². The first-order chi connectivity index (χ1) is 11.6. The summed E-state index contributed by atoms with van der Waals surface area (Å²) in [6.07, 6.45) is 5.77. The van der Waals surface area contributed by atoms with E-state index in [0.717, 1.165) is 27.8 Å². The van der Waals surface area contributed by atoms with Gasteiger partial charge < -0.3 is 10.8 Å². The van der Waals surface area contributed by atoms with E-state index in [-0.39, 0.29) is 18.1 Å². The summed E-state index contributed by atoms with van der Waals surface area (Å²) in [7, 11) is 0. The largest absolute Gasteiger partial charge is 0.508 e. The Morgan fingerprint density at radius 2 is 1.79 bits per heavy atom. The number of rotatable bonds is 5. The highest BCUT2D eigenvalue weighted by atomic mass is 16.3. The monoisotopic (exact) mass is 319 g/mol. The van der Waals surface area contributed by atoms with Gasteiger partial charge in [-0.2, -0.15) is 0 Å². The number of benzene rings is 2. The number of primary amides is 1. The molecule has 0 unspecified atom stereocenters. The van der Waals surface area contributed by atoms with Crippen molar-refractivity contribution in [2.24, 2.45) is 5.73 Å². The van der Waals surface area contributed by atoms with Crippen molar-refractivity contribution >= 4 is 5.91 Å². The summed E-state index contributed by atoms with van der Waals surface area (Å²) >= 11 is 0. The Labute approximate surface area is 139 Å². The van der Waals surface area contributed by atoms with Crippen molar-refractivity contribution in [1.82, 2.24) is 9.97 Å². The molecule has 0 saturated heterocycles. The number of nitrogens with zero attached hydrogens (tertiary/aromatic N) is 2. The molecule has 24 heavy (non-hydrogen) atoms. The van der Waals surface area contributed by atoms with Crippen LogP contribution in [0.2, 0.25) is 0 Å². The van der Waals surface area contributed by atoms with E-state index in [0.29, 0.717) is 6.42 Å². The first kappa shape index (κ1) is 15.7. The van der Waals surface area contributed by atoms with E-state index in [1.54, 1.807) is 30.6 Å². The van der Waals surface area contributed by atoms with Gasteiger partial charge in [-0.25, -0.2) is 9.97 Å². The number of carbonyl (C=O) groups is 1. The van der Waals surface area contributed by atoms with Crippen LogP contribution in [0, 0.1) is 0 Å². The van der Waals surface area contributed by atoms with E-state index >= 15 is 0 Å². The summed E-state index contributed by atoms with van der Waals surface area (Å²) in [5, 5.41) is 9.73. The molecule has 1 heterocycles. The number of aryl methyl sites for hydroxylation is 1. The molecule has 5 nitrogen and oxygen atoms in total. The minimum Gasteiger partial charge on any atom is -0.508 e. The Morgan fingerprint density at radius 1 is 1.00 bits per heavy atom. The van der Waals surface area contributed by atoms with Gasteiger partial charge in [0, 0.05) is 24.4 Å². The van der Waals surface area contributed by atoms with Gasteiger partial charge in [0.1, 0.15) is 12.1 Å². The molecule has 0 radical (unpaired) electrons. The van der Waals surface area contributed by atoms with Crippen LogP contribution in [-0.2, 0) is 11.2 Å². The molecule has 120 valence electrons. The predicted octanol–water partition coefficient (Wildman–Crippen LogP) is 2.93. The van der Waals surface area contributed by atoms with E-state index in [2.05, 4.69) is 9.97 Å². The minimum absolute atomic E-state index is 0.203. The van der Waals surface area contributed by atoms with Crippen LogP contribution in [0.25, 0.3) is 22.3 Å².